The first kappa shape index (κ1) is 11.6. The van der Waals surface area contributed by atoms with E-state index in [4.69, 9.17) is 11.6 Å². The maximum atomic E-state index is 12.4. The molecule has 0 aromatic heterocycles. The van der Waals surface area contributed by atoms with Crippen molar-refractivity contribution in [2.75, 3.05) is 0 Å². The van der Waals surface area contributed by atoms with Gasteiger partial charge >= 0.3 is 6.18 Å². The van der Waals surface area contributed by atoms with Crippen LogP contribution in [0.3, 0.4) is 0 Å². The molecule has 0 heterocycles. The molecule has 1 nitrogen and oxygen atoms in total. The summed E-state index contributed by atoms with van der Waals surface area (Å²) < 4.78 is 37.3. The third-order valence-corrected chi connectivity index (χ3v) is 1.79. The molecule has 0 saturated heterocycles. The van der Waals surface area contributed by atoms with Gasteiger partial charge in [-0.25, -0.2) is 0 Å². The lowest BCUT2D eigenvalue weighted by Gasteiger charge is -2.08. The Balaban J connectivity index is 3.33. The van der Waals surface area contributed by atoms with Crippen molar-refractivity contribution >= 4 is 17.9 Å². The van der Waals surface area contributed by atoms with Gasteiger partial charge in [-0.2, -0.15) is 13.2 Å². The van der Waals surface area contributed by atoms with Crippen LogP contribution in [0.5, 0.6) is 0 Å². The maximum absolute atomic E-state index is 12.4. The van der Waals surface area contributed by atoms with Crippen molar-refractivity contribution in [3.05, 3.63) is 34.3 Å². The van der Waals surface area contributed by atoms with Crippen LogP contribution in [0.1, 0.15) is 11.1 Å². The van der Waals surface area contributed by atoms with E-state index in [1.807, 2.05) is 5.92 Å². The third-order valence-electron chi connectivity index (χ3n) is 1.55. The molecule has 15 heavy (non-hydrogen) atoms. The molecule has 0 aliphatic heterocycles. The fraction of sp³-hybridized carbons (Fsp3) is 0.100. The second-order valence-corrected chi connectivity index (χ2v) is 3.01. The summed E-state index contributed by atoms with van der Waals surface area (Å²) in [4.78, 5) is 9.93. The first-order valence-electron chi connectivity index (χ1n) is 3.77. The quantitative estimate of drug-likeness (QED) is 0.497. The van der Waals surface area contributed by atoms with Crippen LogP contribution >= 0.6 is 11.6 Å². The van der Waals surface area contributed by atoms with Crippen LogP contribution in [0, 0.1) is 11.8 Å². The van der Waals surface area contributed by atoms with Crippen LogP contribution in [0.25, 0.3) is 0 Å². The molecule has 0 atom stereocenters. The van der Waals surface area contributed by atoms with Gasteiger partial charge in [-0.1, -0.05) is 17.5 Å². The molecule has 78 valence electrons. The minimum absolute atomic E-state index is 0.0287. The SMILES string of the molecule is O=CC#Cc1ccc(Cl)cc1C(F)(F)F. The summed E-state index contributed by atoms with van der Waals surface area (Å²) in [6, 6.07) is 3.18. The molecule has 0 aliphatic carbocycles. The Morgan fingerprint density at radius 2 is 2.00 bits per heavy atom. The van der Waals surface area contributed by atoms with Crippen molar-refractivity contribution in [3.63, 3.8) is 0 Å². The average molecular weight is 233 g/mol. The van der Waals surface area contributed by atoms with Crippen LogP contribution in [0.15, 0.2) is 18.2 Å². The van der Waals surface area contributed by atoms with E-state index in [0.717, 1.165) is 12.1 Å². The number of rotatable bonds is 0. The van der Waals surface area contributed by atoms with Crippen molar-refractivity contribution in [1.29, 1.82) is 0 Å². The molecule has 0 aliphatic rings. The number of aldehydes is 1. The first-order chi connectivity index (χ1) is 6.95. The molecule has 0 radical (unpaired) electrons. The number of hydrogen-bond acceptors (Lipinski definition) is 1. The number of alkyl halides is 3. The highest BCUT2D eigenvalue weighted by atomic mass is 35.5. The van der Waals surface area contributed by atoms with Gasteiger partial charge in [0.2, 0.25) is 0 Å². The minimum Gasteiger partial charge on any atom is -0.289 e. The molecule has 1 rings (SSSR count). The molecule has 0 spiro atoms. The zero-order valence-electron chi connectivity index (χ0n) is 7.23. The molecule has 0 unspecified atom stereocenters. The van der Waals surface area contributed by atoms with E-state index in [-0.39, 0.29) is 16.9 Å². The molecule has 1 aromatic carbocycles. The molecular weight excluding hydrogens is 229 g/mol. The Kier molecular flexibility index (Phi) is 3.38. The van der Waals surface area contributed by atoms with Gasteiger partial charge in [0.1, 0.15) is 0 Å². The van der Waals surface area contributed by atoms with Crippen molar-refractivity contribution in [2.45, 2.75) is 6.18 Å². The van der Waals surface area contributed by atoms with Crippen molar-refractivity contribution in [1.82, 2.24) is 0 Å². The summed E-state index contributed by atoms with van der Waals surface area (Å²) in [5, 5.41) is -0.0287. The molecule has 1 aromatic rings. The smallest absolute Gasteiger partial charge is 0.289 e. The Labute approximate surface area is 88.9 Å². The molecule has 0 fully saturated rings. The highest BCUT2D eigenvalue weighted by molar-refractivity contribution is 6.30. The van der Waals surface area contributed by atoms with Crippen LogP contribution < -0.4 is 0 Å². The van der Waals surface area contributed by atoms with E-state index in [2.05, 4.69) is 5.92 Å². The van der Waals surface area contributed by atoms with Crippen molar-refractivity contribution < 1.29 is 18.0 Å². The fourth-order valence-electron chi connectivity index (χ4n) is 0.967. The summed E-state index contributed by atoms with van der Waals surface area (Å²) in [6.07, 6.45) is -4.30. The largest absolute Gasteiger partial charge is 0.417 e. The summed E-state index contributed by atoms with van der Waals surface area (Å²) in [5.41, 5.74) is -1.21. The summed E-state index contributed by atoms with van der Waals surface area (Å²) >= 11 is 5.44. The molecule has 0 N–H and O–H groups in total. The van der Waals surface area contributed by atoms with Gasteiger partial charge in [0.15, 0.2) is 6.29 Å². The van der Waals surface area contributed by atoms with Crippen molar-refractivity contribution in [2.24, 2.45) is 0 Å². The number of hydrogen-bond donors (Lipinski definition) is 0. The monoisotopic (exact) mass is 232 g/mol. The summed E-state index contributed by atoms with van der Waals surface area (Å²) in [5.74, 6) is 4.02. The van der Waals surface area contributed by atoms with Gasteiger partial charge in [0.25, 0.3) is 0 Å². The normalized spacial score (nSPS) is 10.4. The van der Waals surface area contributed by atoms with Gasteiger partial charge < -0.3 is 0 Å². The van der Waals surface area contributed by atoms with Gasteiger partial charge in [0.05, 0.1) is 5.56 Å². The van der Waals surface area contributed by atoms with E-state index in [9.17, 15) is 18.0 Å². The Morgan fingerprint density at radius 1 is 1.33 bits per heavy atom. The number of halogens is 4. The predicted molar refractivity (Wildman–Crippen MR) is 49.4 cm³/mol. The average Bonchev–Trinajstić information content (AvgIpc) is 2.14. The van der Waals surface area contributed by atoms with Gasteiger partial charge in [0, 0.05) is 10.6 Å². The second kappa shape index (κ2) is 4.37. The Morgan fingerprint density at radius 3 is 2.53 bits per heavy atom. The topological polar surface area (TPSA) is 17.1 Å². The van der Waals surface area contributed by atoms with Crippen LogP contribution in [0.4, 0.5) is 13.2 Å². The lowest BCUT2D eigenvalue weighted by molar-refractivity contribution is -0.137. The highest BCUT2D eigenvalue weighted by Gasteiger charge is 2.33. The maximum Gasteiger partial charge on any atom is 0.417 e. The summed E-state index contributed by atoms with van der Waals surface area (Å²) in [6.45, 7) is 0. The van der Waals surface area contributed by atoms with Crippen LogP contribution in [0.2, 0.25) is 5.02 Å². The van der Waals surface area contributed by atoms with E-state index >= 15 is 0 Å². The lowest BCUT2D eigenvalue weighted by Crippen LogP contribution is -2.07. The Hall–Kier alpha value is -1.47. The van der Waals surface area contributed by atoms with E-state index in [1.54, 1.807) is 0 Å². The molecule has 0 saturated carbocycles. The fourth-order valence-corrected chi connectivity index (χ4v) is 1.14. The second-order valence-electron chi connectivity index (χ2n) is 2.57. The summed E-state index contributed by atoms with van der Waals surface area (Å²) in [7, 11) is 0. The van der Waals surface area contributed by atoms with Crippen molar-refractivity contribution in [3.8, 4) is 11.8 Å². The van der Waals surface area contributed by atoms with E-state index in [0.29, 0.717) is 0 Å². The highest BCUT2D eigenvalue weighted by Crippen LogP contribution is 2.33. The molecular formula is C10H4ClF3O. The molecule has 0 bridgehead atoms. The van der Waals surface area contributed by atoms with Gasteiger partial charge in [-0.15, -0.1) is 0 Å². The molecule has 5 heteroatoms. The van der Waals surface area contributed by atoms with Gasteiger partial charge in [-0.3, -0.25) is 4.79 Å². The van der Waals surface area contributed by atoms with E-state index in [1.165, 1.54) is 6.07 Å². The number of carbonyl (C=O) groups excluding carboxylic acids is 1. The van der Waals surface area contributed by atoms with E-state index < -0.39 is 11.7 Å². The minimum atomic E-state index is -4.53. The van der Waals surface area contributed by atoms with Crippen LogP contribution in [-0.2, 0) is 11.0 Å². The third kappa shape index (κ3) is 3.00. The number of benzene rings is 1. The van der Waals surface area contributed by atoms with Crippen LogP contribution in [-0.4, -0.2) is 6.29 Å². The first-order valence-corrected chi connectivity index (χ1v) is 4.15. The van der Waals surface area contributed by atoms with Gasteiger partial charge in [-0.05, 0) is 24.1 Å². The Bertz CT molecular complexity index is 440. The zero-order valence-corrected chi connectivity index (χ0v) is 7.99. The number of carbonyl (C=O) groups is 1. The lowest BCUT2D eigenvalue weighted by atomic mass is 10.1. The standard InChI is InChI=1S/C10H4ClF3O/c11-8-4-3-7(2-1-5-15)9(6-8)10(12,13)14/h3-6H. The zero-order chi connectivity index (χ0) is 11.5. The predicted octanol–water partition coefficient (Wildman–Crippen LogP) is 2.91. The molecule has 0 amide bonds.